The summed E-state index contributed by atoms with van der Waals surface area (Å²) in [5, 5.41) is -0.596. The van der Waals surface area contributed by atoms with Gasteiger partial charge in [-0.2, -0.15) is 0 Å². The highest BCUT2D eigenvalue weighted by atomic mass is 35.5. The van der Waals surface area contributed by atoms with Crippen molar-refractivity contribution in [3.63, 3.8) is 0 Å². The van der Waals surface area contributed by atoms with Gasteiger partial charge in [-0.15, -0.1) is 0 Å². The van der Waals surface area contributed by atoms with Crippen molar-refractivity contribution in [1.82, 2.24) is 9.97 Å². The van der Waals surface area contributed by atoms with E-state index >= 15 is 0 Å². The van der Waals surface area contributed by atoms with Crippen molar-refractivity contribution in [2.75, 3.05) is 5.75 Å². The summed E-state index contributed by atoms with van der Waals surface area (Å²) in [7, 11) is -3.70. The maximum absolute atomic E-state index is 12.3. The third-order valence-electron chi connectivity index (χ3n) is 3.45. The summed E-state index contributed by atoms with van der Waals surface area (Å²) in [6.45, 7) is 4.85. The molecule has 1 aromatic heterocycles. The molecule has 0 aliphatic carbocycles. The lowest BCUT2D eigenvalue weighted by atomic mass is 10.1. The first kappa shape index (κ1) is 20.0. The van der Waals surface area contributed by atoms with E-state index in [2.05, 4.69) is 9.97 Å². The number of ether oxygens (including phenoxy) is 1. The van der Waals surface area contributed by atoms with E-state index in [1.54, 1.807) is 19.9 Å². The minimum absolute atomic E-state index is 0.106. The molecule has 0 aliphatic rings. The molecule has 138 valence electrons. The molecule has 0 aliphatic heterocycles. The van der Waals surface area contributed by atoms with Crippen molar-refractivity contribution >= 4 is 33.2 Å². The summed E-state index contributed by atoms with van der Waals surface area (Å²) in [6, 6.07) is 4.53. The number of hydrogen-bond donors (Lipinski definition) is 0. The Kier molecular flexibility index (Phi) is 6.09. The fraction of sp³-hybridized carbons (Fsp3) is 0.294. The fourth-order valence-corrected chi connectivity index (χ4v) is 3.59. The highest BCUT2D eigenvalue weighted by Crippen LogP contribution is 2.21. The Balaban J connectivity index is 2.33. The topological polar surface area (TPSA) is 103 Å². The molecule has 2 aromatic rings. The largest absolute Gasteiger partial charge is 0.422 e. The van der Waals surface area contributed by atoms with Crippen LogP contribution in [0.2, 0.25) is 5.02 Å². The lowest BCUT2D eigenvalue weighted by Gasteiger charge is -2.09. The molecule has 7 nitrogen and oxygen atoms in total. The van der Waals surface area contributed by atoms with Crippen LogP contribution in [0.5, 0.6) is 5.75 Å². The molecular formula is C17H17ClN2O5S. The van der Waals surface area contributed by atoms with E-state index in [4.69, 9.17) is 16.3 Å². The van der Waals surface area contributed by atoms with Gasteiger partial charge in [-0.3, -0.25) is 4.79 Å². The normalized spacial score (nSPS) is 11.2. The minimum atomic E-state index is -3.70. The third kappa shape index (κ3) is 4.44. The van der Waals surface area contributed by atoms with Crippen molar-refractivity contribution in [3.05, 3.63) is 46.2 Å². The van der Waals surface area contributed by atoms with Crippen LogP contribution in [0.15, 0.2) is 29.6 Å². The molecule has 9 heteroatoms. The monoisotopic (exact) mass is 396 g/mol. The van der Waals surface area contributed by atoms with Gasteiger partial charge in [0, 0.05) is 5.56 Å². The second-order valence-corrected chi connectivity index (χ2v) is 8.00. The molecule has 2 rings (SSSR count). The van der Waals surface area contributed by atoms with Crippen LogP contribution in [0.3, 0.4) is 0 Å². The van der Waals surface area contributed by atoms with Gasteiger partial charge in [-0.1, -0.05) is 18.5 Å². The molecule has 0 spiro atoms. The first-order valence-corrected chi connectivity index (χ1v) is 9.77. The van der Waals surface area contributed by atoms with Gasteiger partial charge < -0.3 is 4.74 Å². The Bertz CT molecular complexity index is 973. The number of Topliss-reactive ketones (excluding diaryl/α,β-unsaturated/α-hetero) is 1. The molecule has 0 N–H and O–H groups in total. The molecule has 0 bridgehead atoms. The van der Waals surface area contributed by atoms with E-state index < -0.39 is 21.0 Å². The van der Waals surface area contributed by atoms with E-state index in [1.165, 1.54) is 19.1 Å². The van der Waals surface area contributed by atoms with Crippen LogP contribution in [0.1, 0.15) is 46.7 Å². The SMILES string of the molecule is CCCS(=O)(=O)c1ncc(Cl)c(C(=O)Oc2ccc(C(C)=O)c(C)c2)n1. The minimum Gasteiger partial charge on any atom is -0.422 e. The van der Waals surface area contributed by atoms with E-state index in [0.717, 1.165) is 6.20 Å². The van der Waals surface area contributed by atoms with Crippen LogP contribution in [0, 0.1) is 6.92 Å². The highest BCUT2D eigenvalue weighted by molar-refractivity contribution is 7.91. The molecule has 0 saturated heterocycles. The second kappa shape index (κ2) is 7.92. The first-order chi connectivity index (χ1) is 12.2. The van der Waals surface area contributed by atoms with Crippen LogP contribution in [0.25, 0.3) is 0 Å². The molecule has 0 fully saturated rings. The maximum atomic E-state index is 12.3. The van der Waals surface area contributed by atoms with Crippen LogP contribution >= 0.6 is 11.6 Å². The number of halogens is 1. The van der Waals surface area contributed by atoms with Gasteiger partial charge in [0.25, 0.3) is 0 Å². The van der Waals surface area contributed by atoms with Crippen molar-refractivity contribution in [1.29, 1.82) is 0 Å². The molecule has 26 heavy (non-hydrogen) atoms. The van der Waals surface area contributed by atoms with Crippen LogP contribution in [-0.4, -0.2) is 35.9 Å². The lowest BCUT2D eigenvalue weighted by Crippen LogP contribution is -2.17. The molecule has 0 atom stereocenters. The second-order valence-electron chi connectivity index (χ2n) is 5.59. The molecule has 0 saturated carbocycles. The molecule has 1 heterocycles. The lowest BCUT2D eigenvalue weighted by molar-refractivity contribution is 0.0727. The summed E-state index contributed by atoms with van der Waals surface area (Å²) in [6.07, 6.45) is 1.44. The standard InChI is InChI=1S/C17H17ClN2O5S/c1-4-7-26(23,24)17-19-9-14(18)15(20-17)16(22)25-12-5-6-13(11(3)21)10(2)8-12/h5-6,8-9H,4,7H2,1-3H3. The summed E-state index contributed by atoms with van der Waals surface area (Å²) in [5.74, 6) is -0.982. The van der Waals surface area contributed by atoms with Gasteiger partial charge in [0.1, 0.15) is 5.75 Å². The number of ketones is 1. The Morgan fingerprint density at radius 2 is 1.96 bits per heavy atom. The highest BCUT2D eigenvalue weighted by Gasteiger charge is 2.23. The number of hydrogen-bond acceptors (Lipinski definition) is 7. The average Bonchev–Trinajstić information content (AvgIpc) is 2.54. The van der Waals surface area contributed by atoms with Gasteiger partial charge >= 0.3 is 5.97 Å². The van der Waals surface area contributed by atoms with Crippen LogP contribution < -0.4 is 4.74 Å². The summed E-state index contributed by atoms with van der Waals surface area (Å²) in [5.41, 5.74) is 0.810. The van der Waals surface area contributed by atoms with Crippen LogP contribution in [0.4, 0.5) is 0 Å². The number of rotatable bonds is 6. The van der Waals surface area contributed by atoms with Gasteiger partial charge in [0.2, 0.25) is 15.0 Å². The maximum Gasteiger partial charge on any atom is 0.364 e. The van der Waals surface area contributed by atoms with E-state index in [1.807, 2.05) is 0 Å². The number of benzene rings is 1. The number of carbonyl (C=O) groups excluding carboxylic acids is 2. The smallest absolute Gasteiger partial charge is 0.364 e. The number of aryl methyl sites for hydroxylation is 1. The van der Waals surface area contributed by atoms with Gasteiger partial charge in [-0.05, 0) is 44.0 Å². The van der Waals surface area contributed by atoms with E-state index in [9.17, 15) is 18.0 Å². The van der Waals surface area contributed by atoms with Crippen molar-refractivity contribution in [2.24, 2.45) is 0 Å². The number of carbonyl (C=O) groups is 2. The number of aromatic nitrogens is 2. The zero-order chi connectivity index (χ0) is 19.5. The third-order valence-corrected chi connectivity index (χ3v) is 5.43. The molecule has 1 aromatic carbocycles. The van der Waals surface area contributed by atoms with E-state index in [-0.39, 0.29) is 28.0 Å². The predicted octanol–water partition coefficient (Wildman–Crippen LogP) is 3.04. The number of nitrogens with zero attached hydrogens (tertiary/aromatic N) is 2. The Labute approximate surface area is 156 Å². The molecule has 0 unspecified atom stereocenters. The average molecular weight is 397 g/mol. The predicted molar refractivity (Wildman–Crippen MR) is 95.5 cm³/mol. The summed E-state index contributed by atoms with van der Waals surface area (Å²) < 4.78 is 29.3. The van der Waals surface area contributed by atoms with Gasteiger partial charge in [0.15, 0.2) is 11.5 Å². The van der Waals surface area contributed by atoms with Crippen LogP contribution in [-0.2, 0) is 9.84 Å². The van der Waals surface area contributed by atoms with Crippen molar-refractivity contribution < 1.29 is 22.7 Å². The summed E-state index contributed by atoms with van der Waals surface area (Å²) >= 11 is 5.92. The first-order valence-electron chi connectivity index (χ1n) is 7.74. The Morgan fingerprint density at radius 1 is 1.27 bits per heavy atom. The zero-order valence-corrected chi connectivity index (χ0v) is 16.0. The zero-order valence-electron chi connectivity index (χ0n) is 14.4. The van der Waals surface area contributed by atoms with Crippen molar-refractivity contribution in [3.8, 4) is 5.75 Å². The molecule has 0 amide bonds. The van der Waals surface area contributed by atoms with Gasteiger partial charge in [-0.25, -0.2) is 23.2 Å². The van der Waals surface area contributed by atoms with E-state index in [0.29, 0.717) is 17.5 Å². The Morgan fingerprint density at radius 3 is 2.54 bits per heavy atom. The Hall–Kier alpha value is -2.32. The van der Waals surface area contributed by atoms with Crippen molar-refractivity contribution in [2.45, 2.75) is 32.3 Å². The molecule has 0 radical (unpaired) electrons. The van der Waals surface area contributed by atoms with Gasteiger partial charge in [0.05, 0.1) is 17.0 Å². The molecular weight excluding hydrogens is 380 g/mol. The summed E-state index contributed by atoms with van der Waals surface area (Å²) in [4.78, 5) is 31.2. The fourth-order valence-electron chi connectivity index (χ4n) is 2.25. The number of esters is 1. The number of sulfone groups is 1. The quantitative estimate of drug-likeness (QED) is 0.320.